The van der Waals surface area contributed by atoms with Crippen molar-refractivity contribution >= 4 is 39.1 Å². The molecule has 9 heteroatoms. The molecule has 2 aromatic carbocycles. The van der Waals surface area contributed by atoms with Crippen molar-refractivity contribution in [3.8, 4) is 0 Å². The number of nitrogens with one attached hydrogen (secondary N) is 1. The Labute approximate surface area is 208 Å². The van der Waals surface area contributed by atoms with Crippen molar-refractivity contribution in [3.63, 3.8) is 0 Å². The molecular weight excluding hydrogens is 474 g/mol. The van der Waals surface area contributed by atoms with Gasteiger partial charge in [0.15, 0.2) is 0 Å². The predicted octanol–water partition coefficient (Wildman–Crippen LogP) is 4.05. The van der Waals surface area contributed by atoms with Crippen molar-refractivity contribution in [1.29, 1.82) is 0 Å². The fourth-order valence-electron chi connectivity index (χ4n) is 3.42. The summed E-state index contributed by atoms with van der Waals surface area (Å²) in [5, 5.41) is 3.46. The first kappa shape index (κ1) is 27.7. The minimum absolute atomic E-state index is 0.0510. The highest BCUT2D eigenvalue weighted by molar-refractivity contribution is 7.92. The molecule has 0 saturated heterocycles. The number of sulfonamides is 1. The van der Waals surface area contributed by atoms with Crippen molar-refractivity contribution in [2.45, 2.75) is 59.7 Å². The summed E-state index contributed by atoms with van der Waals surface area (Å²) in [5.41, 5.74) is 2.83. The molecule has 7 nitrogen and oxygen atoms in total. The highest BCUT2D eigenvalue weighted by Crippen LogP contribution is 2.24. The average molecular weight is 508 g/mol. The van der Waals surface area contributed by atoms with E-state index < -0.39 is 28.5 Å². The first-order chi connectivity index (χ1) is 15.8. The first-order valence-electron chi connectivity index (χ1n) is 11.2. The Morgan fingerprint density at radius 2 is 1.68 bits per heavy atom. The number of aryl methyl sites for hydroxylation is 2. The van der Waals surface area contributed by atoms with Gasteiger partial charge >= 0.3 is 0 Å². The van der Waals surface area contributed by atoms with Crippen molar-refractivity contribution in [2.24, 2.45) is 0 Å². The van der Waals surface area contributed by atoms with Gasteiger partial charge in [0.05, 0.1) is 11.9 Å². The molecule has 0 aliphatic carbocycles. The predicted molar refractivity (Wildman–Crippen MR) is 137 cm³/mol. The lowest BCUT2D eigenvalue weighted by Gasteiger charge is -2.32. The third-order valence-electron chi connectivity index (χ3n) is 5.75. The van der Waals surface area contributed by atoms with E-state index in [9.17, 15) is 18.0 Å². The summed E-state index contributed by atoms with van der Waals surface area (Å²) < 4.78 is 26.5. The molecule has 2 atom stereocenters. The maximum absolute atomic E-state index is 13.6. The van der Waals surface area contributed by atoms with Crippen LogP contribution < -0.4 is 9.62 Å². The van der Waals surface area contributed by atoms with E-state index in [1.165, 1.54) is 4.90 Å². The van der Waals surface area contributed by atoms with Crippen LogP contribution in [0.1, 0.15) is 43.9 Å². The highest BCUT2D eigenvalue weighted by Gasteiger charge is 2.31. The van der Waals surface area contributed by atoms with E-state index >= 15 is 0 Å². The van der Waals surface area contributed by atoms with Gasteiger partial charge in [-0.15, -0.1) is 0 Å². The number of carbonyl (C=O) groups is 2. The second-order valence-electron chi connectivity index (χ2n) is 8.70. The molecule has 186 valence electrons. The van der Waals surface area contributed by atoms with E-state index in [-0.39, 0.29) is 18.5 Å². The van der Waals surface area contributed by atoms with Crippen LogP contribution in [0.5, 0.6) is 0 Å². The van der Waals surface area contributed by atoms with E-state index in [0.717, 1.165) is 33.7 Å². The molecule has 0 aliphatic heterocycles. The zero-order valence-corrected chi connectivity index (χ0v) is 22.2. The number of amides is 2. The second-order valence-corrected chi connectivity index (χ2v) is 11.0. The fraction of sp³-hybridized carbons (Fsp3) is 0.440. The molecule has 0 fully saturated rings. The SMILES string of the molecule is CC[C@H](C)NC(=O)[C@@H](C)N(Cc1ccc(Cl)cc1)C(=O)CN(c1cc(C)ccc1C)S(C)(=O)=O. The summed E-state index contributed by atoms with van der Waals surface area (Å²) in [4.78, 5) is 27.9. The van der Waals surface area contributed by atoms with Crippen LogP contribution in [0.2, 0.25) is 5.02 Å². The molecule has 2 rings (SSSR count). The van der Waals surface area contributed by atoms with Gasteiger partial charge in [-0.2, -0.15) is 0 Å². The van der Waals surface area contributed by atoms with Crippen LogP contribution in [0.4, 0.5) is 5.69 Å². The standard InChI is InChI=1S/C25H34ClN3O4S/c1-7-19(4)27-25(31)20(5)28(15-21-10-12-22(26)13-11-21)24(30)16-29(34(6,32)33)23-14-17(2)8-9-18(23)3/h8-14,19-20H,7,15-16H2,1-6H3,(H,27,31)/t19-,20+/m0/s1. The summed E-state index contributed by atoms with van der Waals surface area (Å²) >= 11 is 5.99. The lowest BCUT2D eigenvalue weighted by atomic mass is 10.1. The van der Waals surface area contributed by atoms with Crippen LogP contribution in [-0.4, -0.2) is 50.0 Å². The van der Waals surface area contributed by atoms with Crippen LogP contribution in [0.15, 0.2) is 42.5 Å². The minimum Gasteiger partial charge on any atom is -0.352 e. The van der Waals surface area contributed by atoms with E-state index in [2.05, 4.69) is 5.32 Å². The number of carbonyl (C=O) groups excluding carboxylic acids is 2. The topological polar surface area (TPSA) is 86.8 Å². The summed E-state index contributed by atoms with van der Waals surface area (Å²) in [6, 6.07) is 11.6. The molecular formula is C25H34ClN3O4S. The van der Waals surface area contributed by atoms with Crippen molar-refractivity contribution < 1.29 is 18.0 Å². The highest BCUT2D eigenvalue weighted by atomic mass is 35.5. The monoisotopic (exact) mass is 507 g/mol. The third-order valence-corrected chi connectivity index (χ3v) is 7.13. The number of halogens is 1. The molecule has 0 heterocycles. The van der Waals surface area contributed by atoms with Gasteiger partial charge in [0, 0.05) is 17.6 Å². The van der Waals surface area contributed by atoms with Crippen molar-refractivity contribution in [3.05, 3.63) is 64.2 Å². The summed E-state index contributed by atoms with van der Waals surface area (Å²) in [6.07, 6.45) is 1.82. The molecule has 2 amide bonds. The summed E-state index contributed by atoms with van der Waals surface area (Å²) in [5.74, 6) is -0.776. The molecule has 2 aromatic rings. The van der Waals surface area contributed by atoms with Gasteiger partial charge in [0.1, 0.15) is 12.6 Å². The smallest absolute Gasteiger partial charge is 0.244 e. The van der Waals surface area contributed by atoms with Gasteiger partial charge in [0.2, 0.25) is 21.8 Å². The molecule has 34 heavy (non-hydrogen) atoms. The maximum Gasteiger partial charge on any atom is 0.244 e. The molecule has 0 unspecified atom stereocenters. The Kier molecular flexibility index (Phi) is 9.53. The number of hydrogen-bond acceptors (Lipinski definition) is 4. The Bertz CT molecular complexity index is 1120. The fourth-order valence-corrected chi connectivity index (χ4v) is 4.44. The van der Waals surface area contributed by atoms with Crippen LogP contribution in [0, 0.1) is 13.8 Å². The summed E-state index contributed by atoms with van der Waals surface area (Å²) in [7, 11) is -3.77. The lowest BCUT2D eigenvalue weighted by Crippen LogP contribution is -2.52. The molecule has 1 N–H and O–H groups in total. The molecule has 0 aromatic heterocycles. The Hall–Kier alpha value is -2.58. The largest absolute Gasteiger partial charge is 0.352 e. The second kappa shape index (κ2) is 11.7. The zero-order chi connectivity index (χ0) is 25.6. The minimum atomic E-state index is -3.77. The first-order valence-corrected chi connectivity index (χ1v) is 13.4. The van der Waals surface area contributed by atoms with Crippen molar-refractivity contribution in [2.75, 3.05) is 17.1 Å². The Morgan fingerprint density at radius 1 is 1.06 bits per heavy atom. The molecule has 0 radical (unpaired) electrons. The van der Waals surface area contributed by atoms with E-state index in [4.69, 9.17) is 11.6 Å². The van der Waals surface area contributed by atoms with Crippen LogP contribution in [-0.2, 0) is 26.2 Å². The normalized spacial score (nSPS) is 13.1. The third kappa shape index (κ3) is 7.46. The Balaban J connectivity index is 2.42. The Morgan fingerprint density at radius 3 is 2.24 bits per heavy atom. The van der Waals surface area contributed by atoms with Gasteiger partial charge < -0.3 is 10.2 Å². The van der Waals surface area contributed by atoms with Gasteiger partial charge in [-0.05, 0) is 69.0 Å². The van der Waals surface area contributed by atoms with Gasteiger partial charge in [-0.25, -0.2) is 8.42 Å². The summed E-state index contributed by atoms with van der Waals surface area (Å²) in [6.45, 7) is 8.87. The van der Waals surface area contributed by atoms with E-state index in [1.54, 1.807) is 44.2 Å². The number of nitrogens with zero attached hydrogens (tertiary/aromatic N) is 2. The number of benzene rings is 2. The van der Waals surface area contributed by atoms with Gasteiger partial charge in [0.25, 0.3) is 0 Å². The van der Waals surface area contributed by atoms with Crippen LogP contribution in [0.25, 0.3) is 0 Å². The molecule has 0 saturated carbocycles. The average Bonchev–Trinajstić information content (AvgIpc) is 2.77. The zero-order valence-electron chi connectivity index (χ0n) is 20.6. The van der Waals surface area contributed by atoms with Crippen LogP contribution >= 0.6 is 11.6 Å². The van der Waals surface area contributed by atoms with E-state index in [0.29, 0.717) is 10.7 Å². The molecule has 0 aliphatic rings. The molecule has 0 bridgehead atoms. The maximum atomic E-state index is 13.6. The molecule has 0 spiro atoms. The van der Waals surface area contributed by atoms with E-state index in [1.807, 2.05) is 32.9 Å². The van der Waals surface area contributed by atoms with Crippen molar-refractivity contribution in [1.82, 2.24) is 10.2 Å². The number of rotatable bonds is 10. The van der Waals surface area contributed by atoms with Crippen LogP contribution in [0.3, 0.4) is 0 Å². The quantitative estimate of drug-likeness (QED) is 0.525. The number of anilines is 1. The lowest BCUT2D eigenvalue weighted by molar-refractivity contribution is -0.139. The van der Waals surface area contributed by atoms with Gasteiger partial charge in [-0.3, -0.25) is 13.9 Å². The number of hydrogen-bond donors (Lipinski definition) is 1. The van der Waals surface area contributed by atoms with Gasteiger partial charge in [-0.1, -0.05) is 42.8 Å².